The zero-order valence-electron chi connectivity index (χ0n) is 8.92. The van der Waals surface area contributed by atoms with Gasteiger partial charge in [0.2, 0.25) is 5.91 Å². The van der Waals surface area contributed by atoms with Gasteiger partial charge in [-0.2, -0.15) is 0 Å². The van der Waals surface area contributed by atoms with Crippen LogP contribution in [0.15, 0.2) is 18.2 Å². The Morgan fingerprint density at radius 2 is 2.25 bits per heavy atom. The predicted octanol–water partition coefficient (Wildman–Crippen LogP) is 2.20. The van der Waals surface area contributed by atoms with Crippen molar-refractivity contribution >= 4 is 28.8 Å². The minimum atomic E-state index is -0.434. The van der Waals surface area contributed by atoms with Crippen LogP contribution in [0.25, 0.3) is 0 Å². The van der Waals surface area contributed by atoms with Gasteiger partial charge < -0.3 is 11.1 Å². The number of anilines is 1. The highest BCUT2D eigenvalue weighted by Gasteiger charge is 2.09. The van der Waals surface area contributed by atoms with Gasteiger partial charge in [0.25, 0.3) is 0 Å². The maximum atomic E-state index is 13.0. The van der Waals surface area contributed by atoms with Gasteiger partial charge in [-0.05, 0) is 24.6 Å². The lowest BCUT2D eigenvalue weighted by atomic mass is 10.1. The first-order chi connectivity index (χ1) is 7.54. The second-order valence-corrected chi connectivity index (χ2v) is 3.79. The van der Waals surface area contributed by atoms with Crippen LogP contribution in [0.3, 0.4) is 0 Å². The number of nitrogens with two attached hydrogens (primary N) is 1. The number of nitrogens with one attached hydrogen (secondary N) is 1. The van der Waals surface area contributed by atoms with E-state index in [-0.39, 0.29) is 10.9 Å². The monoisotopic (exact) mass is 240 g/mol. The van der Waals surface area contributed by atoms with Crippen LogP contribution in [0, 0.1) is 5.82 Å². The largest absolute Gasteiger partial charge is 0.389 e. The summed E-state index contributed by atoms with van der Waals surface area (Å²) in [6.45, 7) is 1.90. The number of thiocarbonyl (C=S) groups is 1. The molecule has 0 aromatic heterocycles. The number of benzene rings is 1. The first kappa shape index (κ1) is 12.6. The van der Waals surface area contributed by atoms with E-state index < -0.39 is 5.82 Å². The molecule has 16 heavy (non-hydrogen) atoms. The molecule has 0 aliphatic rings. The van der Waals surface area contributed by atoms with E-state index in [0.717, 1.165) is 6.42 Å². The van der Waals surface area contributed by atoms with E-state index in [4.69, 9.17) is 18.0 Å². The molecule has 0 aliphatic carbocycles. The zero-order valence-corrected chi connectivity index (χ0v) is 9.73. The normalized spacial score (nSPS) is 9.88. The molecular weight excluding hydrogens is 227 g/mol. The molecule has 0 unspecified atom stereocenters. The molecule has 0 saturated carbocycles. The number of rotatable bonds is 4. The molecule has 3 N–H and O–H groups in total. The van der Waals surface area contributed by atoms with Crippen molar-refractivity contribution in [3.63, 3.8) is 0 Å². The third-order valence-electron chi connectivity index (χ3n) is 2.00. The van der Waals surface area contributed by atoms with Crippen molar-refractivity contribution in [3.05, 3.63) is 29.6 Å². The van der Waals surface area contributed by atoms with E-state index in [1.165, 1.54) is 18.2 Å². The van der Waals surface area contributed by atoms with Crippen LogP contribution in [0.1, 0.15) is 25.3 Å². The maximum absolute atomic E-state index is 13.0. The van der Waals surface area contributed by atoms with Gasteiger partial charge in [-0.3, -0.25) is 4.79 Å². The van der Waals surface area contributed by atoms with Crippen molar-refractivity contribution in [2.24, 2.45) is 5.73 Å². The summed E-state index contributed by atoms with van der Waals surface area (Å²) < 4.78 is 13.0. The lowest BCUT2D eigenvalue weighted by molar-refractivity contribution is -0.116. The fraction of sp³-hybridized carbons (Fsp3) is 0.273. The molecule has 0 saturated heterocycles. The molecule has 5 heteroatoms. The molecule has 1 rings (SSSR count). The van der Waals surface area contributed by atoms with Crippen LogP contribution >= 0.6 is 12.2 Å². The third-order valence-corrected chi connectivity index (χ3v) is 2.22. The second-order valence-electron chi connectivity index (χ2n) is 3.35. The highest BCUT2D eigenvalue weighted by molar-refractivity contribution is 7.80. The molecule has 1 aromatic rings. The topological polar surface area (TPSA) is 55.1 Å². The molecule has 3 nitrogen and oxygen atoms in total. The van der Waals surface area contributed by atoms with Gasteiger partial charge in [0.05, 0.1) is 5.69 Å². The smallest absolute Gasteiger partial charge is 0.224 e. The van der Waals surface area contributed by atoms with E-state index in [2.05, 4.69) is 5.32 Å². The molecule has 0 fully saturated rings. The molecule has 0 bridgehead atoms. The van der Waals surface area contributed by atoms with E-state index in [9.17, 15) is 9.18 Å². The van der Waals surface area contributed by atoms with Crippen molar-refractivity contribution in [1.29, 1.82) is 0 Å². The summed E-state index contributed by atoms with van der Waals surface area (Å²) in [5.74, 6) is -0.567. The Balaban J connectivity index is 2.95. The molecule has 1 amide bonds. The van der Waals surface area contributed by atoms with Gasteiger partial charge in [0.15, 0.2) is 0 Å². The Hall–Kier alpha value is -1.49. The van der Waals surface area contributed by atoms with E-state index in [0.29, 0.717) is 17.7 Å². The number of hydrogen-bond donors (Lipinski definition) is 2. The zero-order chi connectivity index (χ0) is 12.1. The molecule has 0 radical (unpaired) electrons. The van der Waals surface area contributed by atoms with Crippen molar-refractivity contribution in [1.82, 2.24) is 0 Å². The number of hydrogen-bond acceptors (Lipinski definition) is 2. The van der Waals surface area contributed by atoms with E-state index in [1.807, 2.05) is 6.92 Å². The van der Waals surface area contributed by atoms with Crippen molar-refractivity contribution < 1.29 is 9.18 Å². The number of carbonyl (C=O) groups excluding carboxylic acids is 1. The SMILES string of the molecule is CCCC(=O)Nc1ccc(F)cc1C(N)=S. The fourth-order valence-electron chi connectivity index (χ4n) is 1.27. The summed E-state index contributed by atoms with van der Waals surface area (Å²) in [4.78, 5) is 11.4. The van der Waals surface area contributed by atoms with Gasteiger partial charge in [0.1, 0.15) is 10.8 Å². The van der Waals surface area contributed by atoms with Gasteiger partial charge in [-0.25, -0.2) is 4.39 Å². The number of halogens is 1. The number of carbonyl (C=O) groups is 1. The van der Waals surface area contributed by atoms with Crippen LogP contribution in [0.4, 0.5) is 10.1 Å². The summed E-state index contributed by atoms with van der Waals surface area (Å²) >= 11 is 4.79. The predicted molar refractivity (Wildman–Crippen MR) is 65.8 cm³/mol. The van der Waals surface area contributed by atoms with Crippen molar-refractivity contribution in [2.75, 3.05) is 5.32 Å². The van der Waals surface area contributed by atoms with Gasteiger partial charge in [-0.1, -0.05) is 19.1 Å². The summed E-state index contributed by atoms with van der Waals surface area (Å²) in [6, 6.07) is 3.92. The van der Waals surface area contributed by atoms with E-state index >= 15 is 0 Å². The van der Waals surface area contributed by atoms with Crippen molar-refractivity contribution in [2.45, 2.75) is 19.8 Å². The Kier molecular flexibility index (Phi) is 4.37. The highest BCUT2D eigenvalue weighted by atomic mass is 32.1. The fourth-order valence-corrected chi connectivity index (χ4v) is 1.44. The molecular formula is C11H13FN2OS. The first-order valence-corrected chi connectivity index (χ1v) is 5.34. The molecule has 0 atom stereocenters. The quantitative estimate of drug-likeness (QED) is 0.793. The minimum absolute atomic E-state index is 0.0614. The average molecular weight is 240 g/mol. The van der Waals surface area contributed by atoms with Crippen molar-refractivity contribution in [3.8, 4) is 0 Å². The first-order valence-electron chi connectivity index (χ1n) is 4.93. The van der Waals surface area contributed by atoms with Gasteiger partial charge in [0, 0.05) is 12.0 Å². The van der Waals surface area contributed by atoms with Crippen LogP contribution in [0.2, 0.25) is 0 Å². The van der Waals surface area contributed by atoms with Gasteiger partial charge in [-0.15, -0.1) is 0 Å². The molecule has 1 aromatic carbocycles. The second kappa shape index (κ2) is 5.55. The Bertz CT molecular complexity index is 420. The lowest BCUT2D eigenvalue weighted by Crippen LogP contribution is -2.17. The standard InChI is InChI=1S/C11H13FN2OS/c1-2-3-10(15)14-9-5-4-7(12)6-8(9)11(13)16/h4-6H,2-3H2,1H3,(H2,13,16)(H,14,15). The lowest BCUT2D eigenvalue weighted by Gasteiger charge is -2.09. The molecule has 0 aliphatic heterocycles. The highest BCUT2D eigenvalue weighted by Crippen LogP contribution is 2.17. The van der Waals surface area contributed by atoms with E-state index in [1.54, 1.807) is 0 Å². The summed E-state index contributed by atoms with van der Waals surface area (Å²) in [7, 11) is 0. The average Bonchev–Trinajstić information content (AvgIpc) is 2.20. The Morgan fingerprint density at radius 3 is 2.81 bits per heavy atom. The van der Waals surface area contributed by atoms with Gasteiger partial charge >= 0.3 is 0 Å². The Morgan fingerprint density at radius 1 is 1.56 bits per heavy atom. The summed E-state index contributed by atoms with van der Waals surface area (Å²) in [5.41, 5.74) is 6.24. The van der Waals surface area contributed by atoms with Crippen LogP contribution in [-0.2, 0) is 4.79 Å². The third kappa shape index (κ3) is 3.27. The van der Waals surface area contributed by atoms with Crippen LogP contribution in [0.5, 0.6) is 0 Å². The van der Waals surface area contributed by atoms with Crippen LogP contribution in [-0.4, -0.2) is 10.9 Å². The Labute approximate surface area is 98.8 Å². The molecule has 0 heterocycles. The summed E-state index contributed by atoms with van der Waals surface area (Å²) in [6.07, 6.45) is 1.16. The maximum Gasteiger partial charge on any atom is 0.224 e. The summed E-state index contributed by atoms with van der Waals surface area (Å²) in [5, 5.41) is 2.65. The molecule has 86 valence electrons. The molecule has 0 spiro atoms. The van der Waals surface area contributed by atoms with Crippen LogP contribution < -0.4 is 11.1 Å². The number of amides is 1. The minimum Gasteiger partial charge on any atom is -0.389 e.